The summed E-state index contributed by atoms with van der Waals surface area (Å²) < 4.78 is 21.4. The van der Waals surface area contributed by atoms with Gasteiger partial charge in [-0.25, -0.2) is 9.59 Å². The minimum atomic E-state index is -0.575. The van der Waals surface area contributed by atoms with Crippen LogP contribution in [0.15, 0.2) is 76.2 Å². The highest BCUT2D eigenvalue weighted by molar-refractivity contribution is 6.03. The monoisotopic (exact) mass is 418 g/mol. The van der Waals surface area contributed by atoms with Gasteiger partial charge in [0.2, 0.25) is 0 Å². The standard InChI is InChI=1S/C25H22O6/c1-28-17-11-9-15(10-12-17)20-13-18-21(31-20)14-19(24(26)29-2)23(25(27)30-3)22(18)16-7-5-4-6-8-16/h4-13,22H,14H2,1-3H3. The zero-order valence-corrected chi connectivity index (χ0v) is 17.5. The molecule has 0 fully saturated rings. The third kappa shape index (κ3) is 3.72. The van der Waals surface area contributed by atoms with E-state index in [2.05, 4.69) is 0 Å². The van der Waals surface area contributed by atoms with Crippen molar-refractivity contribution in [2.75, 3.05) is 21.3 Å². The van der Waals surface area contributed by atoms with Gasteiger partial charge in [-0.05, 0) is 35.9 Å². The first-order valence-corrected chi connectivity index (χ1v) is 9.79. The van der Waals surface area contributed by atoms with Crippen molar-refractivity contribution < 1.29 is 28.2 Å². The van der Waals surface area contributed by atoms with Crippen molar-refractivity contribution in [2.45, 2.75) is 12.3 Å². The molecule has 1 aliphatic rings. The number of methoxy groups -OCH3 is 3. The zero-order chi connectivity index (χ0) is 22.0. The van der Waals surface area contributed by atoms with Crippen molar-refractivity contribution in [1.29, 1.82) is 0 Å². The van der Waals surface area contributed by atoms with Crippen LogP contribution < -0.4 is 4.74 Å². The smallest absolute Gasteiger partial charge is 0.335 e. The molecule has 0 radical (unpaired) electrons. The van der Waals surface area contributed by atoms with Crippen molar-refractivity contribution in [3.8, 4) is 17.1 Å². The molecule has 1 aliphatic carbocycles. The topological polar surface area (TPSA) is 75.0 Å². The second kappa shape index (κ2) is 8.52. The summed E-state index contributed by atoms with van der Waals surface area (Å²) in [5.41, 5.74) is 3.06. The number of furan rings is 1. The van der Waals surface area contributed by atoms with Gasteiger partial charge < -0.3 is 18.6 Å². The van der Waals surface area contributed by atoms with Crippen LogP contribution in [-0.2, 0) is 25.5 Å². The molecular weight excluding hydrogens is 396 g/mol. The Kier molecular flexibility index (Phi) is 5.62. The third-order valence-electron chi connectivity index (χ3n) is 5.45. The number of hydrogen-bond donors (Lipinski definition) is 0. The number of carbonyl (C=O) groups excluding carboxylic acids is 2. The van der Waals surface area contributed by atoms with E-state index in [0.717, 1.165) is 22.4 Å². The molecule has 1 atom stereocenters. The molecule has 1 unspecified atom stereocenters. The predicted molar refractivity (Wildman–Crippen MR) is 114 cm³/mol. The summed E-state index contributed by atoms with van der Waals surface area (Å²) in [7, 11) is 4.21. The van der Waals surface area contributed by atoms with E-state index in [1.165, 1.54) is 14.2 Å². The summed E-state index contributed by atoms with van der Waals surface area (Å²) in [6.07, 6.45) is 0.145. The maximum atomic E-state index is 12.8. The number of fused-ring (bicyclic) bond motifs is 1. The van der Waals surface area contributed by atoms with E-state index >= 15 is 0 Å². The van der Waals surface area contributed by atoms with Gasteiger partial charge in [0, 0.05) is 23.5 Å². The van der Waals surface area contributed by atoms with E-state index in [1.54, 1.807) is 7.11 Å². The molecule has 1 heterocycles. The Morgan fingerprint density at radius 2 is 1.58 bits per heavy atom. The van der Waals surface area contributed by atoms with Gasteiger partial charge in [0.1, 0.15) is 17.3 Å². The van der Waals surface area contributed by atoms with Crippen LogP contribution in [-0.4, -0.2) is 33.3 Å². The van der Waals surface area contributed by atoms with Crippen molar-refractivity contribution >= 4 is 11.9 Å². The summed E-state index contributed by atoms with van der Waals surface area (Å²) in [6, 6.07) is 18.9. The lowest BCUT2D eigenvalue weighted by Crippen LogP contribution is -2.25. The van der Waals surface area contributed by atoms with Crippen molar-refractivity contribution in [2.24, 2.45) is 0 Å². The summed E-state index contributed by atoms with van der Waals surface area (Å²) in [4.78, 5) is 25.4. The summed E-state index contributed by atoms with van der Waals surface area (Å²) >= 11 is 0. The summed E-state index contributed by atoms with van der Waals surface area (Å²) in [5, 5.41) is 0. The average Bonchev–Trinajstić information content (AvgIpc) is 3.26. The Labute approximate surface area is 180 Å². The van der Waals surface area contributed by atoms with Crippen LogP contribution in [0.25, 0.3) is 11.3 Å². The second-order valence-corrected chi connectivity index (χ2v) is 7.11. The van der Waals surface area contributed by atoms with Crippen LogP contribution in [0, 0.1) is 0 Å². The van der Waals surface area contributed by atoms with Gasteiger partial charge in [-0.3, -0.25) is 0 Å². The molecule has 6 heteroatoms. The van der Waals surface area contributed by atoms with Crippen molar-refractivity contribution in [3.05, 3.63) is 88.7 Å². The predicted octanol–water partition coefficient (Wildman–Crippen LogP) is 4.29. The lowest BCUT2D eigenvalue weighted by molar-refractivity contribution is -0.139. The van der Waals surface area contributed by atoms with Gasteiger partial charge in [-0.2, -0.15) is 0 Å². The minimum absolute atomic E-state index is 0.145. The van der Waals surface area contributed by atoms with Crippen LogP contribution in [0.4, 0.5) is 0 Å². The van der Waals surface area contributed by atoms with Crippen LogP contribution in [0.3, 0.4) is 0 Å². The van der Waals surface area contributed by atoms with Crippen LogP contribution in [0.2, 0.25) is 0 Å². The molecule has 158 valence electrons. The van der Waals surface area contributed by atoms with Crippen molar-refractivity contribution in [3.63, 3.8) is 0 Å². The highest BCUT2D eigenvalue weighted by Crippen LogP contribution is 2.44. The van der Waals surface area contributed by atoms with Gasteiger partial charge in [0.15, 0.2) is 0 Å². The van der Waals surface area contributed by atoms with E-state index in [4.69, 9.17) is 18.6 Å². The zero-order valence-electron chi connectivity index (χ0n) is 17.5. The number of hydrogen-bond acceptors (Lipinski definition) is 6. The first kappa shape index (κ1) is 20.5. The van der Waals surface area contributed by atoms with E-state index in [0.29, 0.717) is 11.5 Å². The Hall–Kier alpha value is -3.80. The molecule has 0 saturated carbocycles. The van der Waals surface area contributed by atoms with Gasteiger partial charge in [0.05, 0.1) is 32.5 Å². The Morgan fingerprint density at radius 3 is 2.19 bits per heavy atom. The Balaban J connectivity index is 1.90. The highest BCUT2D eigenvalue weighted by atomic mass is 16.5. The molecule has 6 nitrogen and oxygen atoms in total. The maximum Gasteiger partial charge on any atom is 0.335 e. The molecule has 31 heavy (non-hydrogen) atoms. The van der Waals surface area contributed by atoms with Gasteiger partial charge in [0.25, 0.3) is 0 Å². The molecular formula is C25H22O6. The fourth-order valence-electron chi connectivity index (χ4n) is 3.96. The number of ether oxygens (including phenoxy) is 3. The SMILES string of the molecule is COC(=O)C1=C(C(=O)OC)C(c2ccccc2)c2cc(-c3ccc(OC)cc3)oc2C1. The highest BCUT2D eigenvalue weighted by Gasteiger charge is 2.39. The van der Waals surface area contributed by atoms with Crippen LogP contribution in [0.5, 0.6) is 5.75 Å². The molecule has 2 aromatic carbocycles. The number of rotatable bonds is 5. The van der Waals surface area contributed by atoms with E-state index in [1.807, 2.05) is 60.7 Å². The normalized spacial score (nSPS) is 15.3. The molecule has 0 bridgehead atoms. The third-order valence-corrected chi connectivity index (χ3v) is 5.45. The quantitative estimate of drug-likeness (QED) is 0.576. The molecule has 0 saturated heterocycles. The van der Waals surface area contributed by atoms with Crippen molar-refractivity contribution in [1.82, 2.24) is 0 Å². The van der Waals surface area contributed by atoms with E-state index < -0.39 is 17.9 Å². The van der Waals surface area contributed by atoms with Crippen LogP contribution >= 0.6 is 0 Å². The van der Waals surface area contributed by atoms with E-state index in [9.17, 15) is 9.59 Å². The molecule has 4 rings (SSSR count). The molecule has 0 N–H and O–H groups in total. The average molecular weight is 418 g/mol. The lowest BCUT2D eigenvalue weighted by Gasteiger charge is -2.26. The molecule has 0 spiro atoms. The van der Waals surface area contributed by atoms with Gasteiger partial charge in [-0.1, -0.05) is 30.3 Å². The number of esters is 2. The summed E-state index contributed by atoms with van der Waals surface area (Å²) in [5.74, 6) is 0.352. The van der Waals surface area contributed by atoms with Gasteiger partial charge in [-0.15, -0.1) is 0 Å². The molecule has 0 aliphatic heterocycles. The molecule has 0 amide bonds. The number of carbonyl (C=O) groups is 2. The largest absolute Gasteiger partial charge is 0.497 e. The first-order valence-electron chi connectivity index (χ1n) is 9.79. The first-order chi connectivity index (χ1) is 15.1. The second-order valence-electron chi connectivity index (χ2n) is 7.11. The fourth-order valence-corrected chi connectivity index (χ4v) is 3.96. The fraction of sp³-hybridized carbons (Fsp3) is 0.200. The number of benzene rings is 2. The molecule has 1 aromatic heterocycles. The minimum Gasteiger partial charge on any atom is -0.497 e. The molecule has 3 aromatic rings. The van der Waals surface area contributed by atoms with Gasteiger partial charge >= 0.3 is 11.9 Å². The summed E-state index contributed by atoms with van der Waals surface area (Å²) in [6.45, 7) is 0. The van der Waals surface area contributed by atoms with E-state index in [-0.39, 0.29) is 17.6 Å². The lowest BCUT2D eigenvalue weighted by atomic mass is 9.77. The Morgan fingerprint density at radius 1 is 0.903 bits per heavy atom. The maximum absolute atomic E-state index is 12.8. The van der Waals surface area contributed by atoms with Crippen LogP contribution in [0.1, 0.15) is 22.8 Å². The Bertz CT molecular complexity index is 1140.